The predicted octanol–water partition coefficient (Wildman–Crippen LogP) is 3.02. The van der Waals surface area contributed by atoms with E-state index < -0.39 is 17.9 Å². The van der Waals surface area contributed by atoms with Crippen LogP contribution in [0.1, 0.15) is 22.5 Å². The third kappa shape index (κ3) is 3.58. The molecule has 8 heteroatoms. The van der Waals surface area contributed by atoms with Gasteiger partial charge in [-0.15, -0.1) is 11.3 Å². The second kappa shape index (κ2) is 7.10. The maximum absolute atomic E-state index is 12.5. The summed E-state index contributed by atoms with van der Waals surface area (Å²) < 4.78 is 5.52. The molecule has 1 aromatic heterocycles. The topological polar surface area (TPSA) is 95.9 Å². The van der Waals surface area contributed by atoms with Crippen molar-refractivity contribution in [2.75, 3.05) is 25.5 Å². The van der Waals surface area contributed by atoms with Gasteiger partial charge in [0.2, 0.25) is 0 Å². The standard InChI is InChI=1S/C17H18N2O5S/c1-24-16(22)13-8-10-4-2-6-12(14(10)25-13)18-17(23)19-7-3-5-11(9-19)15(20)21/h2,4,6,8,11H,3,5,7,9H2,1H3,(H,18,23)(H,20,21). The van der Waals surface area contributed by atoms with Gasteiger partial charge in [0, 0.05) is 13.1 Å². The Morgan fingerprint density at radius 3 is 2.88 bits per heavy atom. The second-order valence-electron chi connectivity index (χ2n) is 5.88. The molecule has 0 spiro atoms. The SMILES string of the molecule is COC(=O)c1cc2cccc(NC(=O)N3CCCC(C(=O)O)C3)c2s1. The van der Waals surface area contributed by atoms with Crippen LogP contribution in [0.15, 0.2) is 24.3 Å². The number of carboxylic acid groups (broad SMARTS) is 1. The molecule has 0 bridgehead atoms. The number of benzene rings is 1. The molecule has 7 nitrogen and oxygen atoms in total. The number of methoxy groups -OCH3 is 1. The summed E-state index contributed by atoms with van der Waals surface area (Å²) in [6, 6.07) is 6.81. The van der Waals surface area contributed by atoms with Crippen molar-refractivity contribution in [3.8, 4) is 0 Å². The maximum atomic E-state index is 12.5. The molecule has 2 N–H and O–H groups in total. The van der Waals surface area contributed by atoms with Crippen molar-refractivity contribution in [1.29, 1.82) is 0 Å². The summed E-state index contributed by atoms with van der Waals surface area (Å²) in [5, 5.41) is 12.8. The van der Waals surface area contributed by atoms with E-state index in [0.717, 1.165) is 10.1 Å². The third-order valence-electron chi connectivity index (χ3n) is 4.23. The van der Waals surface area contributed by atoms with Gasteiger partial charge < -0.3 is 20.1 Å². The molecule has 25 heavy (non-hydrogen) atoms. The number of fused-ring (bicyclic) bond motifs is 1. The lowest BCUT2D eigenvalue weighted by atomic mass is 9.99. The fourth-order valence-corrected chi connectivity index (χ4v) is 3.97. The monoisotopic (exact) mass is 362 g/mol. The van der Waals surface area contributed by atoms with Crippen LogP contribution in [0.5, 0.6) is 0 Å². The number of carboxylic acids is 1. The summed E-state index contributed by atoms with van der Waals surface area (Å²) in [5.41, 5.74) is 0.597. The van der Waals surface area contributed by atoms with Crippen LogP contribution in [0.3, 0.4) is 0 Å². The number of esters is 1. The summed E-state index contributed by atoms with van der Waals surface area (Å²) >= 11 is 1.25. The van der Waals surface area contributed by atoms with E-state index in [1.807, 2.05) is 6.07 Å². The van der Waals surface area contributed by atoms with Gasteiger partial charge in [0.25, 0.3) is 0 Å². The van der Waals surface area contributed by atoms with Crippen LogP contribution in [0.25, 0.3) is 10.1 Å². The molecule has 0 aliphatic carbocycles. The average Bonchev–Trinajstić information content (AvgIpc) is 3.06. The number of carbonyl (C=O) groups is 3. The minimum atomic E-state index is -0.874. The van der Waals surface area contributed by atoms with E-state index in [0.29, 0.717) is 30.0 Å². The number of nitrogens with one attached hydrogen (secondary N) is 1. The van der Waals surface area contributed by atoms with Crippen LogP contribution in [-0.2, 0) is 9.53 Å². The third-order valence-corrected chi connectivity index (χ3v) is 5.39. The minimum absolute atomic E-state index is 0.203. The number of thiophene rings is 1. The minimum Gasteiger partial charge on any atom is -0.481 e. The lowest BCUT2D eigenvalue weighted by molar-refractivity contribution is -0.143. The Kier molecular flexibility index (Phi) is 4.89. The number of rotatable bonds is 3. The number of ether oxygens (including phenoxy) is 1. The quantitative estimate of drug-likeness (QED) is 0.818. The first-order chi connectivity index (χ1) is 12.0. The highest BCUT2D eigenvalue weighted by Gasteiger charge is 2.28. The van der Waals surface area contributed by atoms with Crippen LogP contribution >= 0.6 is 11.3 Å². The van der Waals surface area contributed by atoms with Crippen molar-refractivity contribution in [1.82, 2.24) is 4.90 Å². The molecular formula is C17H18N2O5S. The molecule has 0 saturated carbocycles. The Labute approximate surface area is 148 Å². The molecule has 1 saturated heterocycles. The molecule has 1 unspecified atom stereocenters. The molecule has 1 atom stereocenters. The summed E-state index contributed by atoms with van der Waals surface area (Å²) in [5.74, 6) is -1.82. The maximum Gasteiger partial charge on any atom is 0.348 e. The molecule has 2 amide bonds. The van der Waals surface area contributed by atoms with Gasteiger partial charge in [-0.3, -0.25) is 4.79 Å². The van der Waals surface area contributed by atoms with Gasteiger partial charge in [-0.2, -0.15) is 0 Å². The lowest BCUT2D eigenvalue weighted by Crippen LogP contribution is -2.44. The first-order valence-corrected chi connectivity index (χ1v) is 8.71. The fourth-order valence-electron chi connectivity index (χ4n) is 2.92. The molecule has 1 fully saturated rings. The Balaban J connectivity index is 1.80. The van der Waals surface area contributed by atoms with Crippen LogP contribution < -0.4 is 5.32 Å². The number of hydrogen-bond acceptors (Lipinski definition) is 5. The number of piperidine rings is 1. The number of hydrogen-bond donors (Lipinski definition) is 2. The van der Waals surface area contributed by atoms with E-state index >= 15 is 0 Å². The van der Waals surface area contributed by atoms with Gasteiger partial charge in [-0.25, -0.2) is 9.59 Å². The van der Waals surface area contributed by atoms with Crippen molar-refractivity contribution in [2.24, 2.45) is 5.92 Å². The first kappa shape index (κ1) is 17.2. The smallest absolute Gasteiger partial charge is 0.348 e. The summed E-state index contributed by atoms with van der Waals surface area (Å²) in [6.45, 7) is 0.735. The second-order valence-corrected chi connectivity index (χ2v) is 6.93. The molecule has 2 aromatic rings. The molecule has 0 radical (unpaired) electrons. The molecule has 2 heterocycles. The Morgan fingerprint density at radius 1 is 1.36 bits per heavy atom. The van der Waals surface area contributed by atoms with Gasteiger partial charge in [-0.1, -0.05) is 12.1 Å². The lowest BCUT2D eigenvalue weighted by Gasteiger charge is -2.30. The molecule has 1 aliphatic heterocycles. The molecular weight excluding hydrogens is 344 g/mol. The number of urea groups is 1. The van der Waals surface area contributed by atoms with Gasteiger partial charge in [0.1, 0.15) is 4.88 Å². The zero-order chi connectivity index (χ0) is 18.0. The average molecular weight is 362 g/mol. The Bertz CT molecular complexity index is 832. The zero-order valence-corrected chi connectivity index (χ0v) is 14.5. The summed E-state index contributed by atoms with van der Waals surface area (Å²) in [6.07, 6.45) is 1.25. The largest absolute Gasteiger partial charge is 0.481 e. The normalized spacial score (nSPS) is 17.3. The number of carbonyl (C=O) groups excluding carboxylic acids is 2. The van der Waals surface area contributed by atoms with Crippen molar-refractivity contribution in [2.45, 2.75) is 12.8 Å². The number of anilines is 1. The molecule has 3 rings (SSSR count). The van der Waals surface area contributed by atoms with Gasteiger partial charge in [0.15, 0.2) is 0 Å². The fraction of sp³-hybridized carbons (Fsp3) is 0.353. The van der Waals surface area contributed by atoms with Crippen molar-refractivity contribution in [3.63, 3.8) is 0 Å². The van der Waals surface area contributed by atoms with Crippen LogP contribution in [0, 0.1) is 5.92 Å². The van der Waals surface area contributed by atoms with E-state index in [1.165, 1.54) is 23.3 Å². The molecule has 132 valence electrons. The zero-order valence-electron chi connectivity index (χ0n) is 13.7. The molecule has 1 aliphatic rings. The van der Waals surface area contributed by atoms with Gasteiger partial charge >= 0.3 is 18.0 Å². The van der Waals surface area contributed by atoms with Crippen molar-refractivity contribution in [3.05, 3.63) is 29.1 Å². The van der Waals surface area contributed by atoms with E-state index in [-0.39, 0.29) is 12.6 Å². The van der Waals surface area contributed by atoms with E-state index in [1.54, 1.807) is 18.2 Å². The van der Waals surface area contributed by atoms with E-state index in [4.69, 9.17) is 9.84 Å². The van der Waals surface area contributed by atoms with Crippen LogP contribution in [-0.4, -0.2) is 48.2 Å². The van der Waals surface area contributed by atoms with Gasteiger partial charge in [-0.05, 0) is 30.4 Å². The summed E-state index contributed by atoms with van der Waals surface area (Å²) in [7, 11) is 1.32. The van der Waals surface area contributed by atoms with Crippen molar-refractivity contribution < 1.29 is 24.2 Å². The predicted molar refractivity (Wildman–Crippen MR) is 94.1 cm³/mol. The number of aliphatic carboxylic acids is 1. The Morgan fingerprint density at radius 2 is 2.16 bits per heavy atom. The summed E-state index contributed by atoms with van der Waals surface area (Å²) in [4.78, 5) is 37.3. The highest BCUT2D eigenvalue weighted by atomic mass is 32.1. The highest BCUT2D eigenvalue weighted by molar-refractivity contribution is 7.21. The van der Waals surface area contributed by atoms with Crippen LogP contribution in [0.4, 0.5) is 10.5 Å². The van der Waals surface area contributed by atoms with E-state index in [2.05, 4.69) is 5.32 Å². The van der Waals surface area contributed by atoms with Crippen molar-refractivity contribution >= 4 is 45.1 Å². The number of nitrogens with zero attached hydrogens (tertiary/aromatic N) is 1. The number of likely N-dealkylation sites (tertiary alicyclic amines) is 1. The van der Waals surface area contributed by atoms with E-state index in [9.17, 15) is 14.4 Å². The van der Waals surface area contributed by atoms with Gasteiger partial charge in [0.05, 0.1) is 23.4 Å². The van der Waals surface area contributed by atoms with Crippen LogP contribution in [0.2, 0.25) is 0 Å². The highest BCUT2D eigenvalue weighted by Crippen LogP contribution is 2.32. The molecule has 1 aromatic carbocycles. The first-order valence-electron chi connectivity index (χ1n) is 7.89. The Hall–Kier alpha value is -2.61. The number of amides is 2.